The maximum atomic E-state index is 11.4. The van der Waals surface area contributed by atoms with Crippen LogP contribution in [0.25, 0.3) is 0 Å². The summed E-state index contributed by atoms with van der Waals surface area (Å²) in [7, 11) is 3.89. The van der Waals surface area contributed by atoms with Crippen molar-refractivity contribution in [2.24, 2.45) is 5.92 Å². The molecule has 0 aliphatic carbocycles. The first kappa shape index (κ1) is 22.5. The zero-order valence-corrected chi connectivity index (χ0v) is 17.3. The lowest BCUT2D eigenvalue weighted by molar-refractivity contribution is -0.385. The Labute approximate surface area is 162 Å². The highest BCUT2D eigenvalue weighted by atomic mass is 32.1. The Kier molecular flexibility index (Phi) is 10.4. The molecule has 146 valence electrons. The van der Waals surface area contributed by atoms with Crippen LogP contribution >= 0.6 is 12.2 Å². The van der Waals surface area contributed by atoms with E-state index in [1.54, 1.807) is 6.07 Å². The van der Waals surface area contributed by atoms with Crippen LogP contribution in [0.4, 0.5) is 5.69 Å². The third-order valence-electron chi connectivity index (χ3n) is 4.47. The molecule has 1 aromatic rings. The van der Waals surface area contributed by atoms with Crippen molar-refractivity contribution in [3.63, 3.8) is 0 Å². The zero-order valence-electron chi connectivity index (χ0n) is 16.5. The van der Waals surface area contributed by atoms with Crippen molar-refractivity contribution >= 4 is 23.0 Å². The van der Waals surface area contributed by atoms with Gasteiger partial charge >= 0.3 is 0 Å². The second-order valence-electron chi connectivity index (χ2n) is 7.06. The molecule has 26 heavy (non-hydrogen) atoms. The molecule has 1 atom stereocenters. The van der Waals surface area contributed by atoms with Crippen molar-refractivity contribution in [3.8, 4) is 0 Å². The predicted octanol–water partition coefficient (Wildman–Crippen LogP) is 5.15. The van der Waals surface area contributed by atoms with E-state index < -0.39 is 0 Å². The van der Waals surface area contributed by atoms with Crippen LogP contribution in [0.15, 0.2) is 18.2 Å². The molecule has 6 heteroatoms. The monoisotopic (exact) mass is 380 g/mol. The van der Waals surface area contributed by atoms with Gasteiger partial charge in [-0.25, -0.2) is 0 Å². The topological polar surface area (TPSA) is 55.6 Å². The summed E-state index contributed by atoms with van der Waals surface area (Å²) in [5, 5.41) is 11.9. The van der Waals surface area contributed by atoms with Crippen molar-refractivity contribution in [1.29, 1.82) is 0 Å². The summed E-state index contributed by atoms with van der Waals surface area (Å²) in [6, 6.07) is 5.46. The lowest BCUT2D eigenvalue weighted by atomic mass is 10.0. The minimum absolute atomic E-state index is 0.168. The summed E-state index contributed by atoms with van der Waals surface area (Å²) in [6.45, 7) is 5.69. The number of thiocarbonyl (C=S) groups is 1. The highest BCUT2D eigenvalue weighted by molar-refractivity contribution is 7.80. The highest BCUT2D eigenvalue weighted by Gasteiger charge is 2.16. The first-order valence-corrected chi connectivity index (χ1v) is 9.84. The number of benzene rings is 1. The van der Waals surface area contributed by atoms with Crippen LogP contribution in [-0.2, 0) is 17.7 Å². The number of hydrogen-bond acceptors (Lipinski definition) is 5. The Morgan fingerprint density at radius 2 is 2.08 bits per heavy atom. The number of ether oxygens (including phenoxy) is 1. The van der Waals surface area contributed by atoms with Gasteiger partial charge in [-0.1, -0.05) is 45.2 Å². The lowest BCUT2D eigenvalue weighted by Crippen LogP contribution is -2.13. The summed E-state index contributed by atoms with van der Waals surface area (Å²) in [4.78, 5) is 13.1. The normalized spacial score (nSPS) is 12.2. The molecule has 1 unspecified atom stereocenters. The maximum absolute atomic E-state index is 11.4. The molecule has 0 aliphatic rings. The molecule has 1 rings (SSSR count). The smallest absolute Gasteiger partial charge is 0.272 e. The Bertz CT molecular complexity index is 590. The van der Waals surface area contributed by atoms with Crippen LogP contribution in [0.2, 0.25) is 0 Å². The fourth-order valence-corrected chi connectivity index (χ4v) is 3.04. The molecule has 5 nitrogen and oxygen atoms in total. The molecule has 0 aromatic heterocycles. The van der Waals surface area contributed by atoms with Gasteiger partial charge in [0, 0.05) is 24.6 Å². The number of rotatable bonds is 12. The predicted molar refractivity (Wildman–Crippen MR) is 111 cm³/mol. The molecular weight excluding hydrogens is 348 g/mol. The summed E-state index contributed by atoms with van der Waals surface area (Å²) < 4.78 is 5.75. The van der Waals surface area contributed by atoms with Gasteiger partial charge in [-0.05, 0) is 50.6 Å². The van der Waals surface area contributed by atoms with Crippen LogP contribution in [-0.4, -0.2) is 35.6 Å². The molecule has 1 aromatic carbocycles. The van der Waals surface area contributed by atoms with Crippen molar-refractivity contribution in [3.05, 3.63) is 39.4 Å². The molecule has 0 N–H and O–H groups in total. The van der Waals surface area contributed by atoms with E-state index in [9.17, 15) is 10.1 Å². The molecule has 0 amide bonds. The van der Waals surface area contributed by atoms with Gasteiger partial charge in [-0.3, -0.25) is 10.1 Å². The lowest BCUT2D eigenvalue weighted by Gasteiger charge is -2.16. The summed E-state index contributed by atoms with van der Waals surface area (Å²) in [5.41, 5.74) is 1.81. The van der Waals surface area contributed by atoms with Crippen LogP contribution in [0, 0.1) is 16.0 Å². The first-order valence-electron chi connectivity index (χ1n) is 9.43. The minimum Gasteiger partial charge on any atom is -0.487 e. The van der Waals surface area contributed by atoms with E-state index in [1.807, 2.05) is 31.1 Å². The van der Waals surface area contributed by atoms with E-state index in [0.29, 0.717) is 42.5 Å². The second kappa shape index (κ2) is 12.0. The zero-order chi connectivity index (χ0) is 19.5. The quantitative estimate of drug-likeness (QED) is 0.285. The van der Waals surface area contributed by atoms with Crippen LogP contribution in [0.3, 0.4) is 0 Å². The Hall–Kier alpha value is -1.53. The average Bonchev–Trinajstić information content (AvgIpc) is 2.60. The standard InChI is InChI=1S/C20H32N2O3S/c1-5-7-8-16(6-2)15-25-20(26)12-11-18-10-9-17(14-21(3)4)13-19(18)22(23)24/h9-10,13,16H,5-8,11-12,14-15H2,1-4H3. The number of hydrogen-bond donors (Lipinski definition) is 0. The fourth-order valence-electron chi connectivity index (χ4n) is 2.87. The van der Waals surface area contributed by atoms with E-state index in [0.717, 1.165) is 18.4 Å². The van der Waals surface area contributed by atoms with E-state index >= 15 is 0 Å². The molecule has 0 heterocycles. The van der Waals surface area contributed by atoms with Crippen LogP contribution in [0.1, 0.15) is 57.1 Å². The van der Waals surface area contributed by atoms with Crippen molar-refractivity contribution in [1.82, 2.24) is 4.90 Å². The number of unbranched alkanes of at least 4 members (excludes halogenated alkanes) is 1. The number of aryl methyl sites for hydroxylation is 1. The molecule has 0 saturated carbocycles. The average molecular weight is 381 g/mol. The molecule has 0 fully saturated rings. The molecule has 0 bridgehead atoms. The van der Waals surface area contributed by atoms with E-state index in [4.69, 9.17) is 17.0 Å². The number of nitrogens with zero attached hydrogens (tertiary/aromatic N) is 2. The Balaban J connectivity index is 2.60. The number of nitro groups is 1. The molecule has 0 saturated heterocycles. The van der Waals surface area contributed by atoms with Crippen LogP contribution < -0.4 is 0 Å². The largest absolute Gasteiger partial charge is 0.487 e. The highest BCUT2D eigenvalue weighted by Crippen LogP contribution is 2.23. The second-order valence-corrected chi connectivity index (χ2v) is 7.51. The Morgan fingerprint density at radius 3 is 2.65 bits per heavy atom. The van der Waals surface area contributed by atoms with E-state index in [1.165, 1.54) is 12.8 Å². The summed E-state index contributed by atoms with van der Waals surface area (Å²) >= 11 is 5.33. The van der Waals surface area contributed by atoms with Gasteiger partial charge in [0.1, 0.15) is 0 Å². The van der Waals surface area contributed by atoms with E-state index in [-0.39, 0.29) is 10.6 Å². The fraction of sp³-hybridized carbons (Fsp3) is 0.650. The Morgan fingerprint density at radius 1 is 1.35 bits per heavy atom. The van der Waals surface area contributed by atoms with E-state index in [2.05, 4.69) is 13.8 Å². The third-order valence-corrected chi connectivity index (χ3v) is 4.79. The van der Waals surface area contributed by atoms with Crippen molar-refractivity contribution < 1.29 is 9.66 Å². The molecule has 0 aliphatic heterocycles. The van der Waals surface area contributed by atoms with Gasteiger partial charge in [0.05, 0.1) is 11.5 Å². The summed E-state index contributed by atoms with van der Waals surface area (Å²) in [6.07, 6.45) is 5.71. The van der Waals surface area contributed by atoms with Gasteiger partial charge < -0.3 is 9.64 Å². The molecule has 0 spiro atoms. The number of nitro benzene ring substituents is 1. The molecular formula is C20H32N2O3S. The van der Waals surface area contributed by atoms with Crippen molar-refractivity contribution in [2.45, 2.75) is 58.9 Å². The maximum Gasteiger partial charge on any atom is 0.272 e. The third kappa shape index (κ3) is 8.23. The molecule has 0 radical (unpaired) electrons. The van der Waals surface area contributed by atoms with Gasteiger partial charge in [-0.15, -0.1) is 0 Å². The van der Waals surface area contributed by atoms with Gasteiger partial charge in [0.2, 0.25) is 0 Å². The SMILES string of the molecule is CCCCC(CC)COC(=S)CCc1ccc(CN(C)C)cc1[N+](=O)[O-]. The van der Waals surface area contributed by atoms with Gasteiger partial charge in [0.25, 0.3) is 5.69 Å². The van der Waals surface area contributed by atoms with Crippen LogP contribution in [0.5, 0.6) is 0 Å². The van der Waals surface area contributed by atoms with Crippen molar-refractivity contribution in [2.75, 3.05) is 20.7 Å². The summed E-state index contributed by atoms with van der Waals surface area (Å²) in [5.74, 6) is 0.535. The first-order chi connectivity index (χ1) is 12.4. The van der Waals surface area contributed by atoms with Gasteiger partial charge in [0.15, 0.2) is 5.05 Å². The minimum atomic E-state index is -0.309. The van der Waals surface area contributed by atoms with Gasteiger partial charge in [-0.2, -0.15) is 0 Å².